The Labute approximate surface area is 154 Å². The molecule has 0 aliphatic rings. The number of halogens is 2. The summed E-state index contributed by atoms with van der Waals surface area (Å²) in [5.74, 6) is 0.660. The van der Waals surface area contributed by atoms with Crippen LogP contribution >= 0.6 is 23.2 Å². The zero-order valence-electron chi connectivity index (χ0n) is 14.0. The van der Waals surface area contributed by atoms with Crippen LogP contribution in [0.4, 0.5) is 0 Å². The SMILES string of the molecule is Cc1cc(C)c(OCc2c(Cl)cccc2-n2nnn(C)c2=O)cc1Cl. The Bertz CT molecular complexity index is 995. The van der Waals surface area contributed by atoms with Gasteiger partial charge < -0.3 is 4.74 Å². The Balaban J connectivity index is 1.97. The topological polar surface area (TPSA) is 61.9 Å². The van der Waals surface area contributed by atoms with E-state index in [1.165, 1.54) is 11.7 Å². The Morgan fingerprint density at radius 2 is 1.84 bits per heavy atom. The van der Waals surface area contributed by atoms with Crippen LogP contribution in [0.5, 0.6) is 5.75 Å². The first-order valence-electron chi connectivity index (χ1n) is 7.55. The van der Waals surface area contributed by atoms with Crippen LogP contribution in [0.1, 0.15) is 16.7 Å². The maximum atomic E-state index is 12.1. The normalized spacial score (nSPS) is 10.9. The van der Waals surface area contributed by atoms with Crippen molar-refractivity contribution < 1.29 is 4.74 Å². The molecular weight excluding hydrogens is 363 g/mol. The molecule has 2 aromatic carbocycles. The molecule has 6 nitrogen and oxygen atoms in total. The summed E-state index contributed by atoms with van der Waals surface area (Å²) in [4.78, 5) is 12.1. The third-order valence-electron chi connectivity index (χ3n) is 3.87. The second-order valence-electron chi connectivity index (χ2n) is 5.69. The molecule has 0 aliphatic carbocycles. The van der Waals surface area contributed by atoms with Gasteiger partial charge in [-0.1, -0.05) is 35.3 Å². The molecule has 0 fully saturated rings. The van der Waals surface area contributed by atoms with Crippen molar-refractivity contribution in [2.45, 2.75) is 20.5 Å². The molecular formula is C17H16Cl2N4O2. The minimum Gasteiger partial charge on any atom is -0.488 e. The Kier molecular flexibility index (Phi) is 4.83. The Morgan fingerprint density at radius 1 is 1.08 bits per heavy atom. The van der Waals surface area contributed by atoms with E-state index in [2.05, 4.69) is 10.4 Å². The molecule has 3 aromatic rings. The number of benzene rings is 2. The van der Waals surface area contributed by atoms with E-state index in [1.54, 1.807) is 24.3 Å². The van der Waals surface area contributed by atoms with Crippen LogP contribution in [0.15, 0.2) is 35.1 Å². The molecule has 130 valence electrons. The summed E-state index contributed by atoms with van der Waals surface area (Å²) in [6.07, 6.45) is 0. The molecule has 25 heavy (non-hydrogen) atoms. The van der Waals surface area contributed by atoms with Gasteiger partial charge in [0.15, 0.2) is 0 Å². The van der Waals surface area contributed by atoms with Gasteiger partial charge in [0, 0.05) is 22.7 Å². The van der Waals surface area contributed by atoms with Gasteiger partial charge in [-0.05, 0) is 53.6 Å². The zero-order valence-corrected chi connectivity index (χ0v) is 15.5. The van der Waals surface area contributed by atoms with Gasteiger partial charge in [0.05, 0.1) is 5.69 Å². The number of rotatable bonds is 4. The van der Waals surface area contributed by atoms with E-state index in [0.717, 1.165) is 15.8 Å². The molecule has 1 aromatic heterocycles. The summed E-state index contributed by atoms with van der Waals surface area (Å²) in [5, 5.41) is 8.71. The van der Waals surface area contributed by atoms with Gasteiger partial charge in [-0.15, -0.1) is 0 Å². The molecule has 0 unspecified atom stereocenters. The van der Waals surface area contributed by atoms with Crippen LogP contribution in [0.3, 0.4) is 0 Å². The molecule has 0 N–H and O–H groups in total. The minimum absolute atomic E-state index is 0.165. The van der Waals surface area contributed by atoms with E-state index in [1.807, 2.05) is 19.9 Å². The van der Waals surface area contributed by atoms with Crippen LogP contribution in [-0.4, -0.2) is 19.8 Å². The van der Waals surface area contributed by atoms with Crippen LogP contribution in [0.25, 0.3) is 5.69 Å². The van der Waals surface area contributed by atoms with Crippen molar-refractivity contribution in [2.24, 2.45) is 7.05 Å². The van der Waals surface area contributed by atoms with Gasteiger partial charge in [0.25, 0.3) is 0 Å². The standard InChI is InChI=1S/C17H16Cl2N4O2/c1-10-7-11(2)16(8-14(10)19)25-9-12-13(18)5-4-6-15(12)23-17(24)22(3)20-21-23/h4-8H,9H2,1-3H3. The summed E-state index contributed by atoms with van der Waals surface area (Å²) in [7, 11) is 1.53. The van der Waals surface area contributed by atoms with Crippen molar-refractivity contribution >= 4 is 23.2 Å². The van der Waals surface area contributed by atoms with Crippen molar-refractivity contribution in [3.63, 3.8) is 0 Å². The van der Waals surface area contributed by atoms with Gasteiger partial charge in [-0.25, -0.2) is 4.79 Å². The average molecular weight is 379 g/mol. The highest BCUT2D eigenvalue weighted by atomic mass is 35.5. The van der Waals surface area contributed by atoms with Gasteiger partial charge in [-0.2, -0.15) is 9.36 Å². The highest BCUT2D eigenvalue weighted by molar-refractivity contribution is 6.31. The fourth-order valence-corrected chi connectivity index (χ4v) is 2.84. The van der Waals surface area contributed by atoms with Gasteiger partial charge in [0.2, 0.25) is 0 Å². The lowest BCUT2D eigenvalue weighted by atomic mass is 10.1. The Morgan fingerprint density at radius 3 is 2.52 bits per heavy atom. The molecule has 0 atom stereocenters. The van der Waals surface area contributed by atoms with Gasteiger partial charge >= 0.3 is 5.69 Å². The molecule has 0 radical (unpaired) electrons. The van der Waals surface area contributed by atoms with E-state index in [0.29, 0.717) is 27.0 Å². The molecule has 0 spiro atoms. The van der Waals surface area contributed by atoms with Crippen molar-refractivity contribution in [3.05, 3.63) is 67.6 Å². The summed E-state index contributed by atoms with van der Waals surface area (Å²) in [6.45, 7) is 4.05. The lowest BCUT2D eigenvalue weighted by Gasteiger charge is -2.14. The summed E-state index contributed by atoms with van der Waals surface area (Å²) in [6, 6.07) is 8.96. The molecule has 0 bridgehead atoms. The predicted molar refractivity (Wildman–Crippen MR) is 96.9 cm³/mol. The fourth-order valence-electron chi connectivity index (χ4n) is 2.47. The summed E-state index contributed by atoms with van der Waals surface area (Å²) < 4.78 is 8.25. The first-order valence-corrected chi connectivity index (χ1v) is 8.30. The first kappa shape index (κ1) is 17.5. The van der Waals surface area contributed by atoms with Crippen molar-refractivity contribution in [1.82, 2.24) is 19.8 Å². The number of tetrazole rings is 1. The van der Waals surface area contributed by atoms with Crippen LogP contribution in [0, 0.1) is 13.8 Å². The van der Waals surface area contributed by atoms with E-state index in [4.69, 9.17) is 27.9 Å². The van der Waals surface area contributed by atoms with E-state index in [9.17, 15) is 4.79 Å². The fraction of sp³-hybridized carbons (Fsp3) is 0.235. The molecule has 0 amide bonds. The van der Waals surface area contributed by atoms with Crippen LogP contribution in [0.2, 0.25) is 10.0 Å². The first-order chi connectivity index (χ1) is 11.9. The minimum atomic E-state index is -0.363. The molecule has 1 heterocycles. The molecule has 0 saturated carbocycles. The van der Waals surface area contributed by atoms with Crippen molar-refractivity contribution in [1.29, 1.82) is 0 Å². The number of aryl methyl sites for hydroxylation is 3. The number of aromatic nitrogens is 4. The lowest BCUT2D eigenvalue weighted by molar-refractivity contribution is 0.303. The second-order valence-corrected chi connectivity index (χ2v) is 6.50. The molecule has 0 saturated heterocycles. The third kappa shape index (κ3) is 3.41. The summed E-state index contributed by atoms with van der Waals surface area (Å²) >= 11 is 12.5. The number of hydrogen-bond donors (Lipinski definition) is 0. The predicted octanol–water partition coefficient (Wildman–Crippen LogP) is 3.47. The van der Waals surface area contributed by atoms with Crippen LogP contribution in [-0.2, 0) is 13.7 Å². The largest absolute Gasteiger partial charge is 0.488 e. The molecule has 0 aliphatic heterocycles. The van der Waals surface area contributed by atoms with E-state index in [-0.39, 0.29) is 12.3 Å². The van der Waals surface area contributed by atoms with E-state index >= 15 is 0 Å². The summed E-state index contributed by atoms with van der Waals surface area (Å²) in [5.41, 5.74) is 2.76. The quantitative estimate of drug-likeness (QED) is 0.697. The van der Waals surface area contributed by atoms with Crippen LogP contribution < -0.4 is 10.4 Å². The molecule has 3 rings (SSSR count). The highest BCUT2D eigenvalue weighted by Crippen LogP contribution is 2.29. The van der Waals surface area contributed by atoms with Gasteiger partial charge in [-0.3, -0.25) is 0 Å². The molecule has 8 heteroatoms. The maximum Gasteiger partial charge on any atom is 0.368 e. The number of nitrogens with zero attached hydrogens (tertiary/aromatic N) is 4. The van der Waals surface area contributed by atoms with Crippen molar-refractivity contribution in [2.75, 3.05) is 0 Å². The highest BCUT2D eigenvalue weighted by Gasteiger charge is 2.15. The van der Waals surface area contributed by atoms with E-state index < -0.39 is 0 Å². The van der Waals surface area contributed by atoms with Crippen molar-refractivity contribution in [3.8, 4) is 11.4 Å². The number of hydrogen-bond acceptors (Lipinski definition) is 4. The second kappa shape index (κ2) is 6.90. The third-order valence-corrected chi connectivity index (χ3v) is 4.63. The Hall–Kier alpha value is -2.31. The smallest absolute Gasteiger partial charge is 0.368 e. The lowest BCUT2D eigenvalue weighted by Crippen LogP contribution is -2.23. The maximum absolute atomic E-state index is 12.1. The number of ether oxygens (including phenoxy) is 1. The average Bonchev–Trinajstić information content (AvgIpc) is 2.90. The van der Waals surface area contributed by atoms with Gasteiger partial charge in [0.1, 0.15) is 12.4 Å². The monoisotopic (exact) mass is 378 g/mol. The zero-order chi connectivity index (χ0) is 18.1.